The van der Waals surface area contributed by atoms with Crippen LogP contribution in [-0.2, 0) is 19.2 Å². The van der Waals surface area contributed by atoms with Gasteiger partial charge < -0.3 is 9.47 Å². The zero-order chi connectivity index (χ0) is 15.5. The molecule has 0 amide bonds. The van der Waals surface area contributed by atoms with Crippen molar-refractivity contribution in [3.05, 3.63) is 0 Å². The van der Waals surface area contributed by atoms with Crippen LogP contribution in [0, 0.1) is 23.7 Å². The lowest BCUT2D eigenvalue weighted by Crippen LogP contribution is -2.70. The molecule has 4 heterocycles. The van der Waals surface area contributed by atoms with Crippen molar-refractivity contribution < 1.29 is 19.2 Å². The molecule has 5 rings (SSSR count). The molecule has 0 aromatic carbocycles. The van der Waals surface area contributed by atoms with Crippen LogP contribution in [-0.4, -0.2) is 23.8 Å². The molecule has 0 radical (unpaired) electrons. The molecule has 22 heavy (non-hydrogen) atoms. The van der Waals surface area contributed by atoms with Crippen molar-refractivity contribution >= 4 is 0 Å². The van der Waals surface area contributed by atoms with Crippen LogP contribution in [0.2, 0.25) is 0 Å². The van der Waals surface area contributed by atoms with Gasteiger partial charge in [-0.05, 0) is 50.4 Å². The zero-order valence-electron chi connectivity index (χ0n) is 14.3. The van der Waals surface area contributed by atoms with E-state index in [9.17, 15) is 0 Å². The van der Waals surface area contributed by atoms with Gasteiger partial charge in [0, 0.05) is 12.3 Å². The van der Waals surface area contributed by atoms with Crippen LogP contribution in [0.25, 0.3) is 0 Å². The van der Waals surface area contributed by atoms with Crippen molar-refractivity contribution in [1.29, 1.82) is 0 Å². The average Bonchev–Trinajstić information content (AvgIpc) is 2.71. The summed E-state index contributed by atoms with van der Waals surface area (Å²) in [5.41, 5.74) is -0.392. The van der Waals surface area contributed by atoms with E-state index in [2.05, 4.69) is 20.8 Å². The topological polar surface area (TPSA) is 36.9 Å². The van der Waals surface area contributed by atoms with E-state index in [1.807, 2.05) is 6.92 Å². The summed E-state index contributed by atoms with van der Waals surface area (Å²) in [5.74, 6) is 1.46. The number of hydrogen-bond donors (Lipinski definition) is 0. The fourth-order valence-electron chi connectivity index (χ4n) is 5.59. The maximum atomic E-state index is 6.47. The Labute approximate surface area is 133 Å². The number of rotatable bonds is 2. The van der Waals surface area contributed by atoms with Crippen LogP contribution in [0.15, 0.2) is 0 Å². The summed E-state index contributed by atoms with van der Waals surface area (Å²) in [6, 6.07) is 0. The monoisotopic (exact) mass is 310 g/mol. The highest BCUT2D eigenvalue weighted by Gasteiger charge is 2.69. The normalized spacial score (nSPS) is 57.3. The molecule has 1 saturated carbocycles. The summed E-state index contributed by atoms with van der Waals surface area (Å²) >= 11 is 0. The minimum Gasteiger partial charge on any atom is -0.346 e. The lowest BCUT2D eigenvalue weighted by Gasteiger charge is -2.60. The summed E-state index contributed by atoms with van der Waals surface area (Å²) < 4.78 is 12.8. The molecule has 4 saturated heterocycles. The first kappa shape index (κ1) is 15.4. The van der Waals surface area contributed by atoms with Gasteiger partial charge in [-0.1, -0.05) is 27.2 Å². The van der Waals surface area contributed by atoms with E-state index in [0.717, 1.165) is 25.7 Å². The molecule has 1 aliphatic carbocycles. The minimum absolute atomic E-state index is 0.265. The Morgan fingerprint density at radius 1 is 1.05 bits per heavy atom. The van der Waals surface area contributed by atoms with Crippen molar-refractivity contribution in [3.63, 3.8) is 0 Å². The van der Waals surface area contributed by atoms with Gasteiger partial charge >= 0.3 is 0 Å². The predicted octanol–water partition coefficient (Wildman–Crippen LogP) is 4.04. The molecule has 5 fully saturated rings. The van der Waals surface area contributed by atoms with Gasteiger partial charge in [0.2, 0.25) is 5.79 Å². The molecule has 4 nitrogen and oxygen atoms in total. The lowest BCUT2D eigenvalue weighted by atomic mass is 9.57. The van der Waals surface area contributed by atoms with E-state index in [0.29, 0.717) is 23.7 Å². The van der Waals surface area contributed by atoms with E-state index in [-0.39, 0.29) is 12.4 Å². The van der Waals surface area contributed by atoms with Crippen molar-refractivity contribution in [2.45, 2.75) is 90.0 Å². The van der Waals surface area contributed by atoms with Crippen LogP contribution in [0.1, 0.15) is 66.2 Å². The molecule has 2 bridgehead atoms. The smallest absolute Gasteiger partial charge is 0.201 e. The van der Waals surface area contributed by atoms with Crippen molar-refractivity contribution in [2.24, 2.45) is 23.7 Å². The molecule has 8 atom stereocenters. The molecule has 126 valence electrons. The molecular formula is C18H30O4. The Bertz CT molecular complexity index is 441. The van der Waals surface area contributed by atoms with E-state index >= 15 is 0 Å². The summed E-state index contributed by atoms with van der Waals surface area (Å²) in [4.78, 5) is 12.0. The minimum atomic E-state index is -0.644. The van der Waals surface area contributed by atoms with Gasteiger partial charge in [0.15, 0.2) is 11.9 Å². The molecule has 1 spiro atoms. The highest BCUT2D eigenvalue weighted by atomic mass is 17.3. The number of fused-ring (bicyclic) bond motifs is 2. The lowest BCUT2D eigenvalue weighted by molar-refractivity contribution is -0.571. The Kier molecular flexibility index (Phi) is 3.61. The van der Waals surface area contributed by atoms with Gasteiger partial charge in [-0.25, -0.2) is 9.78 Å². The summed E-state index contributed by atoms with van der Waals surface area (Å²) in [6.07, 6.45) is 6.75. The molecule has 0 N–H and O–H groups in total. The predicted molar refractivity (Wildman–Crippen MR) is 81.7 cm³/mol. The fraction of sp³-hybridized carbons (Fsp3) is 1.00. The average molecular weight is 310 g/mol. The molecule has 5 aliphatic rings. The Morgan fingerprint density at radius 2 is 1.86 bits per heavy atom. The van der Waals surface area contributed by atoms with Crippen LogP contribution >= 0.6 is 0 Å². The van der Waals surface area contributed by atoms with Gasteiger partial charge in [-0.3, -0.25) is 0 Å². The standard InChI is InChI=1S/C18H30O4/c1-5-6-15-12(3)14-8-7-11(2)13-9-10-17(4)20-16(19-15)18(13,14)22-21-17/h11-16H,5-10H2,1-4H3/t11-,12-,13+,14+,15-,16-,17-,18-/m1/s1. The quantitative estimate of drug-likeness (QED) is 0.721. The van der Waals surface area contributed by atoms with Gasteiger partial charge in [0.1, 0.15) is 0 Å². The molecule has 0 aromatic rings. The van der Waals surface area contributed by atoms with E-state index in [4.69, 9.17) is 19.2 Å². The van der Waals surface area contributed by atoms with Crippen LogP contribution in [0.5, 0.6) is 0 Å². The zero-order valence-corrected chi connectivity index (χ0v) is 14.3. The number of ether oxygens (including phenoxy) is 2. The molecular weight excluding hydrogens is 280 g/mol. The summed E-state index contributed by atoms with van der Waals surface area (Å²) in [7, 11) is 0. The van der Waals surface area contributed by atoms with E-state index < -0.39 is 11.4 Å². The third-order valence-corrected chi connectivity index (χ3v) is 6.87. The van der Waals surface area contributed by atoms with Crippen LogP contribution < -0.4 is 0 Å². The highest BCUT2D eigenvalue weighted by Crippen LogP contribution is 2.60. The van der Waals surface area contributed by atoms with Gasteiger partial charge in [-0.2, -0.15) is 0 Å². The summed E-state index contributed by atoms with van der Waals surface area (Å²) in [5, 5.41) is 0. The van der Waals surface area contributed by atoms with Gasteiger partial charge in [0.05, 0.1) is 6.10 Å². The largest absolute Gasteiger partial charge is 0.346 e. The fourth-order valence-corrected chi connectivity index (χ4v) is 5.59. The molecule has 4 heteroatoms. The SMILES string of the molecule is CCC[C@H]1O[C@@H]2O[C@@]3(C)CC[C@H]4[C@H](C)CC[C@@H]([C@H]1C)[C@@]24OO3. The molecule has 0 aromatic heterocycles. The van der Waals surface area contributed by atoms with Crippen molar-refractivity contribution in [1.82, 2.24) is 0 Å². The molecule has 4 aliphatic heterocycles. The first-order chi connectivity index (χ1) is 10.5. The second kappa shape index (κ2) is 5.17. The van der Waals surface area contributed by atoms with E-state index in [1.165, 1.54) is 12.8 Å². The first-order valence-corrected chi connectivity index (χ1v) is 9.20. The van der Waals surface area contributed by atoms with Crippen LogP contribution in [0.4, 0.5) is 0 Å². The van der Waals surface area contributed by atoms with Gasteiger partial charge in [-0.15, -0.1) is 0 Å². The molecule has 0 unspecified atom stereocenters. The highest BCUT2D eigenvalue weighted by molar-refractivity contribution is 5.09. The summed E-state index contributed by atoms with van der Waals surface area (Å²) in [6.45, 7) is 8.92. The number of hydrogen-bond acceptors (Lipinski definition) is 4. The van der Waals surface area contributed by atoms with Crippen molar-refractivity contribution in [2.75, 3.05) is 0 Å². The van der Waals surface area contributed by atoms with Crippen LogP contribution in [0.3, 0.4) is 0 Å². The van der Waals surface area contributed by atoms with Crippen molar-refractivity contribution in [3.8, 4) is 0 Å². The maximum absolute atomic E-state index is 6.47. The van der Waals surface area contributed by atoms with Gasteiger partial charge in [0.25, 0.3) is 0 Å². The second-order valence-electron chi connectivity index (χ2n) is 8.23. The second-order valence-corrected chi connectivity index (χ2v) is 8.23. The first-order valence-electron chi connectivity index (χ1n) is 9.20. The Balaban J connectivity index is 1.75. The van der Waals surface area contributed by atoms with E-state index in [1.54, 1.807) is 0 Å². The third kappa shape index (κ3) is 1.97. The Morgan fingerprint density at radius 3 is 2.64 bits per heavy atom. The third-order valence-electron chi connectivity index (χ3n) is 6.87. The maximum Gasteiger partial charge on any atom is 0.201 e. The Hall–Kier alpha value is -0.160.